The Labute approximate surface area is 126 Å². The molecule has 1 aromatic rings. The molecule has 2 rings (SSSR count). The van der Waals surface area contributed by atoms with E-state index in [4.69, 9.17) is 0 Å². The molecule has 23 heavy (non-hydrogen) atoms. The summed E-state index contributed by atoms with van der Waals surface area (Å²) in [5.74, 6) is -8.26. The molecule has 1 saturated heterocycles. The number of carbonyl (C=O) groups is 2. The Morgan fingerprint density at radius 1 is 1.13 bits per heavy atom. The summed E-state index contributed by atoms with van der Waals surface area (Å²) in [4.78, 5) is 23.5. The number of carbonyl (C=O) groups excluding carboxylic acids is 2. The summed E-state index contributed by atoms with van der Waals surface area (Å²) in [6.45, 7) is -0.281. The van der Waals surface area contributed by atoms with Crippen LogP contribution in [-0.2, 0) is 9.59 Å². The van der Waals surface area contributed by atoms with Crippen molar-refractivity contribution < 1.29 is 35.9 Å². The van der Waals surface area contributed by atoms with E-state index in [0.717, 1.165) is 6.07 Å². The maximum atomic E-state index is 13.5. The number of nitrogens with zero attached hydrogens (tertiary/aromatic N) is 1. The fourth-order valence-corrected chi connectivity index (χ4v) is 2.28. The van der Waals surface area contributed by atoms with Gasteiger partial charge in [-0.05, 0) is 25.0 Å². The van der Waals surface area contributed by atoms with E-state index in [1.165, 1.54) is 0 Å². The number of nitrogens with one attached hydrogen (secondary N) is 1. The van der Waals surface area contributed by atoms with E-state index in [0.29, 0.717) is 11.0 Å². The van der Waals surface area contributed by atoms with Crippen molar-refractivity contribution in [3.63, 3.8) is 0 Å². The average Bonchev–Trinajstić information content (AvgIpc) is 2.95. The Morgan fingerprint density at radius 2 is 1.78 bits per heavy atom. The maximum absolute atomic E-state index is 13.5. The molecule has 1 aromatic carbocycles. The summed E-state index contributed by atoms with van der Waals surface area (Å²) >= 11 is 0. The first-order chi connectivity index (χ1) is 10.6. The second-order valence-electron chi connectivity index (χ2n) is 4.87. The number of hydrogen-bond donors (Lipinski definition) is 1. The molecule has 1 unspecified atom stereocenters. The van der Waals surface area contributed by atoms with Crippen LogP contribution in [0.25, 0.3) is 0 Å². The lowest BCUT2D eigenvalue weighted by atomic mass is 10.2. The molecule has 1 aliphatic rings. The molecule has 1 aliphatic heterocycles. The Hall–Kier alpha value is -2.26. The first kappa shape index (κ1) is 17.1. The van der Waals surface area contributed by atoms with Crippen LogP contribution in [-0.4, -0.2) is 35.5 Å². The second-order valence-corrected chi connectivity index (χ2v) is 4.87. The van der Waals surface area contributed by atoms with Gasteiger partial charge in [0.2, 0.25) is 5.91 Å². The minimum atomic E-state index is -5.14. The molecule has 1 fully saturated rings. The SMILES string of the molecule is O=C(Nc1ccc(F)c(F)c1F)C1CCCN1C(=O)C(F)(F)F. The molecule has 2 amide bonds. The van der Waals surface area contributed by atoms with Crippen LogP contribution >= 0.6 is 0 Å². The van der Waals surface area contributed by atoms with Crippen molar-refractivity contribution in [3.8, 4) is 0 Å². The average molecular weight is 340 g/mol. The Morgan fingerprint density at radius 3 is 2.39 bits per heavy atom. The lowest BCUT2D eigenvalue weighted by Gasteiger charge is -2.24. The van der Waals surface area contributed by atoms with Gasteiger partial charge in [0.05, 0.1) is 5.69 Å². The third-order valence-electron chi connectivity index (χ3n) is 3.35. The molecule has 0 aromatic heterocycles. The van der Waals surface area contributed by atoms with Crippen molar-refractivity contribution in [2.45, 2.75) is 25.1 Å². The van der Waals surface area contributed by atoms with Crippen LogP contribution in [0, 0.1) is 17.5 Å². The fourth-order valence-electron chi connectivity index (χ4n) is 2.28. The van der Waals surface area contributed by atoms with E-state index in [1.54, 1.807) is 0 Å². The van der Waals surface area contributed by atoms with Crippen LogP contribution in [0.15, 0.2) is 12.1 Å². The molecule has 0 aliphatic carbocycles. The van der Waals surface area contributed by atoms with E-state index in [1.807, 2.05) is 5.32 Å². The largest absolute Gasteiger partial charge is 0.471 e. The highest BCUT2D eigenvalue weighted by Gasteiger charge is 2.47. The summed E-state index contributed by atoms with van der Waals surface area (Å²) in [6.07, 6.45) is -5.05. The summed E-state index contributed by atoms with van der Waals surface area (Å²) in [5, 5.41) is 1.87. The van der Waals surface area contributed by atoms with Crippen LogP contribution in [0.3, 0.4) is 0 Å². The number of likely N-dealkylation sites (tertiary alicyclic amines) is 1. The lowest BCUT2D eigenvalue weighted by Crippen LogP contribution is -2.48. The van der Waals surface area contributed by atoms with Gasteiger partial charge in [0.15, 0.2) is 17.5 Å². The van der Waals surface area contributed by atoms with E-state index >= 15 is 0 Å². The van der Waals surface area contributed by atoms with Gasteiger partial charge in [0.25, 0.3) is 0 Å². The number of rotatable bonds is 2. The van der Waals surface area contributed by atoms with E-state index in [9.17, 15) is 35.9 Å². The van der Waals surface area contributed by atoms with Gasteiger partial charge >= 0.3 is 12.1 Å². The Bertz CT molecular complexity index is 646. The number of anilines is 1. The summed E-state index contributed by atoms with van der Waals surface area (Å²) in [5.41, 5.74) is -0.722. The van der Waals surface area contributed by atoms with Crippen molar-refractivity contribution >= 4 is 17.5 Å². The van der Waals surface area contributed by atoms with Gasteiger partial charge in [0, 0.05) is 6.54 Å². The number of hydrogen-bond acceptors (Lipinski definition) is 2. The van der Waals surface area contributed by atoms with Gasteiger partial charge in [-0.15, -0.1) is 0 Å². The molecular weight excluding hydrogens is 330 g/mol. The highest BCUT2D eigenvalue weighted by molar-refractivity contribution is 5.98. The van der Waals surface area contributed by atoms with Crippen LogP contribution in [0.2, 0.25) is 0 Å². The van der Waals surface area contributed by atoms with Gasteiger partial charge in [-0.25, -0.2) is 13.2 Å². The molecule has 0 radical (unpaired) electrons. The Kier molecular flexibility index (Phi) is 4.53. The van der Waals surface area contributed by atoms with E-state index < -0.39 is 47.2 Å². The van der Waals surface area contributed by atoms with Crippen molar-refractivity contribution in [2.24, 2.45) is 0 Å². The molecule has 0 spiro atoms. The van der Waals surface area contributed by atoms with Crippen LogP contribution in [0.4, 0.5) is 32.0 Å². The topological polar surface area (TPSA) is 49.4 Å². The maximum Gasteiger partial charge on any atom is 0.471 e. The summed E-state index contributed by atoms with van der Waals surface area (Å²) < 4.78 is 76.7. The van der Waals surface area contributed by atoms with Crippen molar-refractivity contribution in [1.29, 1.82) is 0 Å². The zero-order valence-electron chi connectivity index (χ0n) is 11.4. The zero-order valence-corrected chi connectivity index (χ0v) is 11.4. The monoisotopic (exact) mass is 340 g/mol. The molecular formula is C13H10F6N2O2. The van der Waals surface area contributed by atoms with Gasteiger partial charge < -0.3 is 10.2 Å². The smallest absolute Gasteiger partial charge is 0.323 e. The minimum absolute atomic E-state index is 0.0566. The van der Waals surface area contributed by atoms with Crippen LogP contribution in [0.1, 0.15) is 12.8 Å². The number of benzene rings is 1. The first-order valence-electron chi connectivity index (χ1n) is 6.45. The van der Waals surface area contributed by atoms with Gasteiger partial charge in [-0.1, -0.05) is 0 Å². The fraction of sp³-hybridized carbons (Fsp3) is 0.385. The molecule has 10 heteroatoms. The highest BCUT2D eigenvalue weighted by Crippen LogP contribution is 2.27. The minimum Gasteiger partial charge on any atom is -0.323 e. The standard InChI is InChI=1S/C13H10F6N2O2/c14-6-3-4-7(10(16)9(6)15)20-11(22)8-2-1-5-21(8)12(23)13(17,18)19/h3-4,8H,1-2,5H2,(H,20,22). The normalized spacial score (nSPS) is 18.2. The molecule has 1 atom stereocenters. The Balaban J connectivity index is 2.17. The van der Waals surface area contributed by atoms with Gasteiger partial charge in [-0.2, -0.15) is 13.2 Å². The van der Waals surface area contributed by atoms with Crippen LogP contribution < -0.4 is 5.32 Å². The third kappa shape index (κ3) is 3.40. The molecule has 1 heterocycles. The van der Waals surface area contributed by atoms with Crippen molar-refractivity contribution in [2.75, 3.05) is 11.9 Å². The van der Waals surface area contributed by atoms with E-state index in [2.05, 4.69) is 0 Å². The van der Waals surface area contributed by atoms with Crippen molar-refractivity contribution in [3.05, 3.63) is 29.6 Å². The summed E-state index contributed by atoms with van der Waals surface area (Å²) in [6, 6.07) is -0.172. The lowest BCUT2D eigenvalue weighted by molar-refractivity contribution is -0.186. The zero-order chi connectivity index (χ0) is 17.4. The first-order valence-corrected chi connectivity index (χ1v) is 6.45. The van der Waals surface area contributed by atoms with Crippen molar-refractivity contribution in [1.82, 2.24) is 4.90 Å². The predicted molar refractivity (Wildman–Crippen MR) is 65.7 cm³/mol. The molecule has 0 saturated carbocycles. The third-order valence-corrected chi connectivity index (χ3v) is 3.35. The van der Waals surface area contributed by atoms with Crippen LogP contribution in [0.5, 0.6) is 0 Å². The molecule has 4 nitrogen and oxygen atoms in total. The number of alkyl halides is 3. The number of halogens is 6. The van der Waals surface area contributed by atoms with Gasteiger partial charge in [-0.3, -0.25) is 9.59 Å². The summed E-state index contributed by atoms with van der Waals surface area (Å²) in [7, 11) is 0. The molecule has 1 N–H and O–H groups in total. The highest BCUT2D eigenvalue weighted by atomic mass is 19.4. The van der Waals surface area contributed by atoms with E-state index in [-0.39, 0.29) is 19.4 Å². The van der Waals surface area contributed by atoms with Gasteiger partial charge in [0.1, 0.15) is 6.04 Å². The number of amides is 2. The molecule has 0 bridgehead atoms. The second kappa shape index (κ2) is 6.09. The molecule has 126 valence electrons. The quantitative estimate of drug-likeness (QED) is 0.665. The predicted octanol–water partition coefficient (Wildman–Crippen LogP) is 2.60.